The minimum atomic E-state index is 0.511. The highest BCUT2D eigenvalue weighted by Crippen LogP contribution is 2.20. The summed E-state index contributed by atoms with van der Waals surface area (Å²) in [7, 11) is 2.22. The largest absolute Gasteiger partial charge is 0.310 e. The van der Waals surface area contributed by atoms with Gasteiger partial charge in [-0.05, 0) is 56.4 Å². The monoisotopic (exact) mass is 260 g/mol. The van der Waals surface area contributed by atoms with Gasteiger partial charge in [-0.2, -0.15) is 0 Å². The number of nitrogens with zero attached hydrogens (tertiary/aromatic N) is 1. The van der Waals surface area contributed by atoms with Crippen LogP contribution in [0.15, 0.2) is 24.3 Å². The van der Waals surface area contributed by atoms with E-state index in [1.165, 1.54) is 30.6 Å². The lowest BCUT2D eigenvalue weighted by Crippen LogP contribution is -2.28. The summed E-state index contributed by atoms with van der Waals surface area (Å²) in [5, 5.41) is 3.76. The first-order valence-corrected chi connectivity index (χ1v) is 7.73. The van der Waals surface area contributed by atoms with Gasteiger partial charge in [-0.1, -0.05) is 38.1 Å². The Labute approximate surface area is 118 Å². The van der Waals surface area contributed by atoms with Crippen molar-refractivity contribution >= 4 is 0 Å². The molecule has 0 amide bonds. The third-order valence-electron chi connectivity index (χ3n) is 4.34. The van der Waals surface area contributed by atoms with E-state index in [9.17, 15) is 0 Å². The molecule has 1 aliphatic heterocycles. The van der Waals surface area contributed by atoms with Gasteiger partial charge in [0.15, 0.2) is 0 Å². The molecule has 0 bridgehead atoms. The number of likely N-dealkylation sites (tertiary alicyclic amines) is 1. The van der Waals surface area contributed by atoms with E-state index in [-0.39, 0.29) is 0 Å². The summed E-state index contributed by atoms with van der Waals surface area (Å²) in [4.78, 5) is 2.43. The Morgan fingerprint density at radius 3 is 2.53 bits per heavy atom. The smallest absolute Gasteiger partial charge is 0.0317 e. The molecule has 106 valence electrons. The third-order valence-corrected chi connectivity index (χ3v) is 4.34. The Morgan fingerprint density at radius 1 is 1.26 bits per heavy atom. The molecule has 1 aromatic rings. The summed E-state index contributed by atoms with van der Waals surface area (Å²) >= 11 is 0. The molecule has 0 saturated carbocycles. The SMILES string of the molecule is CCc1ccc(C(CC)NCC2CCN(C)C2)cc1. The van der Waals surface area contributed by atoms with Gasteiger partial charge in [-0.25, -0.2) is 0 Å². The van der Waals surface area contributed by atoms with Gasteiger partial charge in [0.05, 0.1) is 0 Å². The van der Waals surface area contributed by atoms with Crippen molar-refractivity contribution in [3.05, 3.63) is 35.4 Å². The minimum absolute atomic E-state index is 0.511. The first kappa shape index (κ1) is 14.5. The summed E-state index contributed by atoms with van der Waals surface area (Å²) in [6, 6.07) is 9.63. The third kappa shape index (κ3) is 4.05. The number of hydrogen-bond acceptors (Lipinski definition) is 2. The van der Waals surface area contributed by atoms with Gasteiger partial charge in [0, 0.05) is 12.6 Å². The van der Waals surface area contributed by atoms with Crippen LogP contribution in [0.2, 0.25) is 0 Å². The zero-order chi connectivity index (χ0) is 13.7. The molecule has 1 N–H and O–H groups in total. The number of nitrogens with one attached hydrogen (secondary N) is 1. The molecule has 2 atom stereocenters. The van der Waals surface area contributed by atoms with Gasteiger partial charge < -0.3 is 10.2 Å². The maximum Gasteiger partial charge on any atom is 0.0317 e. The average Bonchev–Trinajstić information content (AvgIpc) is 2.86. The van der Waals surface area contributed by atoms with Crippen LogP contribution in [-0.4, -0.2) is 31.6 Å². The molecule has 2 heteroatoms. The highest BCUT2D eigenvalue weighted by Gasteiger charge is 2.20. The van der Waals surface area contributed by atoms with E-state index in [0.717, 1.165) is 25.3 Å². The van der Waals surface area contributed by atoms with Crippen LogP contribution in [0.3, 0.4) is 0 Å². The molecular weight excluding hydrogens is 232 g/mol. The molecule has 1 heterocycles. The predicted molar refractivity (Wildman–Crippen MR) is 82.5 cm³/mol. The van der Waals surface area contributed by atoms with Crippen LogP contribution in [0.4, 0.5) is 0 Å². The van der Waals surface area contributed by atoms with Crippen molar-refractivity contribution in [2.45, 2.75) is 39.2 Å². The lowest BCUT2D eigenvalue weighted by Gasteiger charge is -2.20. The summed E-state index contributed by atoms with van der Waals surface area (Å²) in [6.07, 6.45) is 3.63. The zero-order valence-electron chi connectivity index (χ0n) is 12.7. The van der Waals surface area contributed by atoms with Crippen molar-refractivity contribution in [3.63, 3.8) is 0 Å². The second kappa shape index (κ2) is 7.06. The Balaban J connectivity index is 1.88. The van der Waals surface area contributed by atoms with Gasteiger partial charge in [-0.3, -0.25) is 0 Å². The average molecular weight is 260 g/mol. The Morgan fingerprint density at radius 2 is 2.00 bits per heavy atom. The van der Waals surface area contributed by atoms with Crippen LogP contribution >= 0.6 is 0 Å². The van der Waals surface area contributed by atoms with Crippen LogP contribution in [0, 0.1) is 5.92 Å². The number of rotatable bonds is 6. The molecule has 0 spiro atoms. The standard InChI is InChI=1S/C17H28N2/c1-4-14-6-8-16(9-7-14)17(5-2)18-12-15-10-11-19(3)13-15/h6-9,15,17-18H,4-5,10-13H2,1-3H3. The van der Waals surface area contributed by atoms with E-state index in [0.29, 0.717) is 6.04 Å². The van der Waals surface area contributed by atoms with Gasteiger partial charge in [-0.15, -0.1) is 0 Å². The number of benzene rings is 1. The lowest BCUT2D eigenvalue weighted by atomic mass is 10.0. The highest BCUT2D eigenvalue weighted by molar-refractivity contribution is 5.25. The molecule has 19 heavy (non-hydrogen) atoms. The quantitative estimate of drug-likeness (QED) is 0.844. The summed E-state index contributed by atoms with van der Waals surface area (Å²) in [5.41, 5.74) is 2.86. The predicted octanol–water partition coefficient (Wildman–Crippen LogP) is 3.24. The normalized spacial score (nSPS) is 21.7. The van der Waals surface area contributed by atoms with Crippen LogP contribution in [-0.2, 0) is 6.42 Å². The van der Waals surface area contributed by atoms with Gasteiger partial charge in [0.2, 0.25) is 0 Å². The van der Waals surface area contributed by atoms with Crippen LogP contribution in [0.1, 0.15) is 43.9 Å². The summed E-state index contributed by atoms with van der Waals surface area (Å²) in [5.74, 6) is 0.828. The second-order valence-electron chi connectivity index (χ2n) is 5.88. The van der Waals surface area contributed by atoms with Crippen molar-refractivity contribution in [2.75, 3.05) is 26.7 Å². The van der Waals surface area contributed by atoms with Crippen LogP contribution in [0.5, 0.6) is 0 Å². The van der Waals surface area contributed by atoms with E-state index in [1.807, 2.05) is 0 Å². The van der Waals surface area contributed by atoms with Gasteiger partial charge in [0.25, 0.3) is 0 Å². The summed E-state index contributed by atoms with van der Waals surface area (Å²) < 4.78 is 0. The molecule has 1 aromatic carbocycles. The molecule has 0 radical (unpaired) electrons. The Bertz CT molecular complexity index is 371. The molecule has 0 aliphatic carbocycles. The van der Waals surface area contributed by atoms with Gasteiger partial charge >= 0.3 is 0 Å². The topological polar surface area (TPSA) is 15.3 Å². The summed E-state index contributed by atoms with van der Waals surface area (Å²) in [6.45, 7) is 8.14. The Kier molecular flexibility index (Phi) is 5.41. The minimum Gasteiger partial charge on any atom is -0.310 e. The molecule has 2 rings (SSSR count). The number of hydrogen-bond donors (Lipinski definition) is 1. The molecule has 1 fully saturated rings. The molecule has 0 aromatic heterocycles. The fraction of sp³-hybridized carbons (Fsp3) is 0.647. The molecule has 1 aliphatic rings. The van der Waals surface area contributed by atoms with Crippen molar-refractivity contribution in [2.24, 2.45) is 5.92 Å². The molecular formula is C17H28N2. The fourth-order valence-corrected chi connectivity index (χ4v) is 2.99. The highest BCUT2D eigenvalue weighted by atomic mass is 15.1. The number of aryl methyl sites for hydroxylation is 1. The maximum absolute atomic E-state index is 3.76. The van der Waals surface area contributed by atoms with Crippen molar-refractivity contribution in [1.82, 2.24) is 10.2 Å². The van der Waals surface area contributed by atoms with E-state index < -0.39 is 0 Å². The second-order valence-corrected chi connectivity index (χ2v) is 5.88. The molecule has 2 nitrogen and oxygen atoms in total. The van der Waals surface area contributed by atoms with Crippen LogP contribution in [0.25, 0.3) is 0 Å². The van der Waals surface area contributed by atoms with Crippen molar-refractivity contribution in [1.29, 1.82) is 0 Å². The Hall–Kier alpha value is -0.860. The van der Waals surface area contributed by atoms with Crippen molar-refractivity contribution < 1.29 is 0 Å². The molecule has 2 unspecified atom stereocenters. The van der Waals surface area contributed by atoms with Gasteiger partial charge in [0.1, 0.15) is 0 Å². The first-order valence-electron chi connectivity index (χ1n) is 7.73. The van der Waals surface area contributed by atoms with E-state index >= 15 is 0 Å². The first-order chi connectivity index (χ1) is 9.22. The van der Waals surface area contributed by atoms with E-state index in [1.54, 1.807) is 0 Å². The maximum atomic E-state index is 3.76. The van der Waals surface area contributed by atoms with Crippen molar-refractivity contribution in [3.8, 4) is 0 Å². The van der Waals surface area contributed by atoms with E-state index in [4.69, 9.17) is 0 Å². The lowest BCUT2D eigenvalue weighted by molar-refractivity contribution is 0.377. The van der Waals surface area contributed by atoms with E-state index in [2.05, 4.69) is 55.4 Å². The van der Waals surface area contributed by atoms with Crippen LogP contribution < -0.4 is 5.32 Å². The molecule has 1 saturated heterocycles. The zero-order valence-corrected chi connectivity index (χ0v) is 12.7. The fourth-order valence-electron chi connectivity index (χ4n) is 2.99.